The summed E-state index contributed by atoms with van der Waals surface area (Å²) in [6.45, 7) is 4.18. The van der Waals surface area contributed by atoms with Crippen LogP contribution in [0.1, 0.15) is 45.4 Å². The highest BCUT2D eigenvalue weighted by Crippen LogP contribution is 2.20. The molecule has 2 nitrogen and oxygen atoms in total. The Morgan fingerprint density at radius 1 is 1.33 bits per heavy atom. The molecule has 0 N–H and O–H groups in total. The highest BCUT2D eigenvalue weighted by molar-refractivity contribution is 6.17. The van der Waals surface area contributed by atoms with E-state index >= 15 is 0 Å². The average molecular weight is 232 g/mol. The Labute approximate surface area is 98.0 Å². The third kappa shape index (κ3) is 4.42. The van der Waals surface area contributed by atoms with Crippen LogP contribution in [0.3, 0.4) is 0 Å². The molecule has 0 atom stereocenters. The molecule has 0 radical (unpaired) electrons. The van der Waals surface area contributed by atoms with Crippen LogP contribution in [0.15, 0.2) is 0 Å². The predicted molar refractivity (Wildman–Crippen MR) is 64.2 cm³/mol. The molecule has 0 aromatic carbocycles. The van der Waals surface area contributed by atoms with E-state index in [9.17, 15) is 4.79 Å². The van der Waals surface area contributed by atoms with Gasteiger partial charge in [-0.05, 0) is 31.6 Å². The fourth-order valence-electron chi connectivity index (χ4n) is 2.12. The zero-order valence-corrected chi connectivity index (χ0v) is 10.4. The lowest BCUT2D eigenvalue weighted by Crippen LogP contribution is -2.38. The van der Waals surface area contributed by atoms with Gasteiger partial charge in [0.15, 0.2) is 0 Å². The van der Waals surface area contributed by atoms with Gasteiger partial charge in [0.2, 0.25) is 5.91 Å². The number of carbonyl (C=O) groups excluding carboxylic acids is 1. The van der Waals surface area contributed by atoms with Crippen LogP contribution in [-0.2, 0) is 4.79 Å². The van der Waals surface area contributed by atoms with E-state index in [1.54, 1.807) is 0 Å². The fourth-order valence-corrected chi connectivity index (χ4v) is 2.31. The van der Waals surface area contributed by atoms with Crippen molar-refractivity contribution < 1.29 is 4.79 Å². The van der Waals surface area contributed by atoms with Gasteiger partial charge in [-0.3, -0.25) is 4.79 Å². The number of hydrogen-bond donors (Lipinski definition) is 0. The first-order chi connectivity index (χ1) is 7.27. The van der Waals surface area contributed by atoms with Gasteiger partial charge in [-0.15, -0.1) is 11.6 Å². The van der Waals surface area contributed by atoms with Gasteiger partial charge in [0.05, 0.1) is 0 Å². The molecule has 0 aromatic rings. The largest absolute Gasteiger partial charge is 0.343 e. The highest BCUT2D eigenvalue weighted by Gasteiger charge is 2.20. The average Bonchev–Trinajstić information content (AvgIpc) is 2.29. The number of hydrogen-bond acceptors (Lipinski definition) is 1. The molecule has 15 heavy (non-hydrogen) atoms. The van der Waals surface area contributed by atoms with Crippen LogP contribution >= 0.6 is 11.6 Å². The van der Waals surface area contributed by atoms with Gasteiger partial charge < -0.3 is 4.90 Å². The van der Waals surface area contributed by atoms with Crippen LogP contribution < -0.4 is 0 Å². The molecule has 1 amide bonds. The highest BCUT2D eigenvalue weighted by atomic mass is 35.5. The third-order valence-corrected chi connectivity index (χ3v) is 3.59. The Balaban J connectivity index is 2.18. The summed E-state index contributed by atoms with van der Waals surface area (Å²) in [5, 5.41) is 0. The predicted octanol–water partition coefficient (Wildman–Crippen LogP) is 3.04. The molecule has 0 aromatic heterocycles. The Kier molecular flexibility index (Phi) is 6.07. The molecule has 1 saturated heterocycles. The molecule has 0 unspecified atom stereocenters. The first kappa shape index (κ1) is 12.8. The van der Waals surface area contributed by atoms with E-state index in [1.807, 2.05) is 4.90 Å². The van der Waals surface area contributed by atoms with Crippen LogP contribution in [0.4, 0.5) is 0 Å². The summed E-state index contributed by atoms with van der Waals surface area (Å²) in [5.41, 5.74) is 0. The minimum absolute atomic E-state index is 0.328. The molecule has 1 rings (SSSR count). The van der Waals surface area contributed by atoms with Crippen molar-refractivity contribution in [3.63, 3.8) is 0 Å². The number of halogens is 1. The van der Waals surface area contributed by atoms with Crippen LogP contribution in [-0.4, -0.2) is 29.8 Å². The van der Waals surface area contributed by atoms with Gasteiger partial charge in [-0.25, -0.2) is 0 Å². The number of carbonyl (C=O) groups is 1. The number of nitrogens with zero attached hydrogens (tertiary/aromatic N) is 1. The quantitative estimate of drug-likeness (QED) is 0.526. The van der Waals surface area contributed by atoms with Gasteiger partial charge >= 0.3 is 0 Å². The van der Waals surface area contributed by atoms with Crippen molar-refractivity contribution in [1.82, 2.24) is 4.90 Å². The standard InChI is InChI=1S/C12H22ClNO/c1-2-11-6-9-14(10-7-11)12(15)5-3-4-8-13/h11H,2-10H2,1H3. The second-order valence-corrected chi connectivity index (χ2v) is 4.76. The number of amides is 1. The van der Waals surface area contributed by atoms with E-state index in [4.69, 9.17) is 11.6 Å². The van der Waals surface area contributed by atoms with Crippen molar-refractivity contribution in [3.05, 3.63) is 0 Å². The smallest absolute Gasteiger partial charge is 0.222 e. The molecule has 1 aliphatic heterocycles. The Bertz CT molecular complexity index is 188. The first-order valence-electron chi connectivity index (χ1n) is 6.11. The summed E-state index contributed by atoms with van der Waals surface area (Å²) in [6.07, 6.45) is 6.22. The van der Waals surface area contributed by atoms with Crippen LogP contribution in [0.5, 0.6) is 0 Å². The summed E-state index contributed by atoms with van der Waals surface area (Å²) in [4.78, 5) is 13.8. The molecule has 3 heteroatoms. The maximum absolute atomic E-state index is 11.8. The lowest BCUT2D eigenvalue weighted by molar-refractivity contribution is -0.132. The number of alkyl halides is 1. The van der Waals surface area contributed by atoms with Gasteiger partial charge in [-0.1, -0.05) is 13.3 Å². The van der Waals surface area contributed by atoms with Gasteiger partial charge in [-0.2, -0.15) is 0 Å². The fraction of sp³-hybridized carbons (Fsp3) is 0.917. The number of unbranched alkanes of at least 4 members (excludes halogenated alkanes) is 1. The molecule has 0 aliphatic carbocycles. The lowest BCUT2D eigenvalue weighted by atomic mass is 9.94. The minimum atomic E-state index is 0.328. The van der Waals surface area contributed by atoms with Crippen molar-refractivity contribution in [1.29, 1.82) is 0 Å². The van der Waals surface area contributed by atoms with E-state index in [2.05, 4.69) is 6.92 Å². The molecule has 0 bridgehead atoms. The monoisotopic (exact) mass is 231 g/mol. The summed E-state index contributed by atoms with van der Waals surface area (Å²) in [7, 11) is 0. The zero-order chi connectivity index (χ0) is 11.1. The summed E-state index contributed by atoms with van der Waals surface area (Å²) >= 11 is 5.58. The van der Waals surface area contributed by atoms with Crippen LogP contribution in [0.25, 0.3) is 0 Å². The number of rotatable bonds is 5. The Morgan fingerprint density at radius 3 is 2.53 bits per heavy atom. The van der Waals surface area contributed by atoms with Crippen molar-refractivity contribution in [2.24, 2.45) is 5.92 Å². The summed E-state index contributed by atoms with van der Waals surface area (Å²) in [5.74, 6) is 1.84. The van der Waals surface area contributed by atoms with Crippen molar-refractivity contribution in [3.8, 4) is 0 Å². The topological polar surface area (TPSA) is 20.3 Å². The normalized spacial score (nSPS) is 18.1. The molecule has 0 spiro atoms. The first-order valence-corrected chi connectivity index (χ1v) is 6.65. The van der Waals surface area contributed by atoms with Gasteiger partial charge in [0, 0.05) is 25.4 Å². The van der Waals surface area contributed by atoms with E-state index in [1.165, 1.54) is 19.3 Å². The molecule has 1 heterocycles. The van der Waals surface area contributed by atoms with Gasteiger partial charge in [0.25, 0.3) is 0 Å². The van der Waals surface area contributed by atoms with E-state index in [0.29, 0.717) is 18.2 Å². The molecular weight excluding hydrogens is 210 g/mol. The molecule has 1 aliphatic rings. The van der Waals surface area contributed by atoms with Gasteiger partial charge in [0.1, 0.15) is 0 Å². The van der Waals surface area contributed by atoms with E-state index in [0.717, 1.165) is 31.8 Å². The number of likely N-dealkylation sites (tertiary alicyclic amines) is 1. The second-order valence-electron chi connectivity index (χ2n) is 4.38. The minimum Gasteiger partial charge on any atom is -0.343 e. The maximum atomic E-state index is 11.8. The molecule has 1 fully saturated rings. The third-order valence-electron chi connectivity index (χ3n) is 3.32. The summed E-state index contributed by atoms with van der Waals surface area (Å²) < 4.78 is 0. The zero-order valence-electron chi connectivity index (χ0n) is 9.67. The Hall–Kier alpha value is -0.240. The van der Waals surface area contributed by atoms with Crippen LogP contribution in [0, 0.1) is 5.92 Å². The molecule has 88 valence electrons. The molecular formula is C12H22ClNO. The second kappa shape index (κ2) is 7.10. The van der Waals surface area contributed by atoms with E-state index < -0.39 is 0 Å². The van der Waals surface area contributed by atoms with E-state index in [-0.39, 0.29) is 0 Å². The van der Waals surface area contributed by atoms with Crippen molar-refractivity contribution in [2.45, 2.75) is 45.4 Å². The lowest BCUT2D eigenvalue weighted by Gasteiger charge is -2.31. The Morgan fingerprint density at radius 2 is 2.00 bits per heavy atom. The summed E-state index contributed by atoms with van der Waals surface area (Å²) in [6, 6.07) is 0. The molecule has 0 saturated carbocycles. The van der Waals surface area contributed by atoms with Crippen molar-refractivity contribution in [2.75, 3.05) is 19.0 Å². The number of piperidine rings is 1. The maximum Gasteiger partial charge on any atom is 0.222 e. The van der Waals surface area contributed by atoms with Crippen molar-refractivity contribution >= 4 is 17.5 Å². The van der Waals surface area contributed by atoms with Crippen LogP contribution in [0.2, 0.25) is 0 Å². The SMILES string of the molecule is CCC1CCN(C(=O)CCCCCl)CC1.